The lowest BCUT2D eigenvalue weighted by atomic mass is 9.44. The van der Waals surface area contributed by atoms with E-state index in [0.29, 0.717) is 17.8 Å². The molecule has 4 aliphatic rings. The van der Waals surface area contributed by atoms with E-state index in [9.17, 15) is 15.3 Å². The molecule has 0 radical (unpaired) electrons. The van der Waals surface area contributed by atoms with Crippen LogP contribution in [0, 0.1) is 39.4 Å². The number of allylic oxidation sites excluding steroid dienone is 5. The summed E-state index contributed by atoms with van der Waals surface area (Å²) in [5.41, 5.74) is 4.63. The van der Waals surface area contributed by atoms with Gasteiger partial charge in [0.15, 0.2) is 0 Å². The van der Waals surface area contributed by atoms with Crippen molar-refractivity contribution in [2.45, 2.75) is 99.0 Å². The molecule has 0 heterocycles. The Kier molecular flexibility index (Phi) is 6.60. The third-order valence-electron chi connectivity index (χ3n) is 11.4. The van der Waals surface area contributed by atoms with E-state index in [4.69, 9.17) is 0 Å². The molecule has 4 rings (SSSR count). The zero-order valence-electron chi connectivity index (χ0n) is 22.0. The molecule has 3 heteroatoms. The van der Waals surface area contributed by atoms with Gasteiger partial charge in [-0.2, -0.15) is 0 Å². The molecule has 0 spiro atoms. The van der Waals surface area contributed by atoms with E-state index in [1.165, 1.54) is 12.8 Å². The number of fused-ring (bicyclic) bond motifs is 5. The quantitative estimate of drug-likeness (QED) is 0.417. The van der Waals surface area contributed by atoms with E-state index in [2.05, 4.69) is 53.7 Å². The number of hydrogen-bond donors (Lipinski definition) is 3. The fourth-order valence-electron chi connectivity index (χ4n) is 8.87. The van der Waals surface area contributed by atoms with E-state index in [0.717, 1.165) is 44.1 Å². The fraction of sp³-hybridized carbons (Fsp3) is 0.800. The summed E-state index contributed by atoms with van der Waals surface area (Å²) in [5, 5.41) is 29.5. The van der Waals surface area contributed by atoms with Crippen molar-refractivity contribution in [3.8, 4) is 0 Å². The Balaban J connectivity index is 1.60. The van der Waals surface area contributed by atoms with Gasteiger partial charge in [-0.15, -0.1) is 0 Å². The van der Waals surface area contributed by atoms with Gasteiger partial charge >= 0.3 is 0 Å². The Morgan fingerprint density at radius 2 is 1.73 bits per heavy atom. The zero-order chi connectivity index (χ0) is 24.2. The maximum atomic E-state index is 10.8. The van der Waals surface area contributed by atoms with Crippen molar-refractivity contribution in [1.82, 2.24) is 0 Å². The van der Waals surface area contributed by atoms with Crippen molar-refractivity contribution < 1.29 is 15.3 Å². The Labute approximate surface area is 202 Å². The Hall–Kier alpha value is -0.900. The fourth-order valence-corrected chi connectivity index (χ4v) is 8.87. The summed E-state index contributed by atoms with van der Waals surface area (Å²) in [6.07, 6.45) is 15.9. The molecule has 0 aromatic carbocycles. The molecule has 186 valence electrons. The minimum Gasteiger partial charge on any atom is -0.393 e. The summed E-state index contributed by atoms with van der Waals surface area (Å²) in [5.74, 6) is 1.82. The van der Waals surface area contributed by atoms with Crippen LogP contribution in [0.15, 0.2) is 34.9 Å². The second kappa shape index (κ2) is 8.64. The smallest absolute Gasteiger partial charge is 0.0663 e. The highest BCUT2D eigenvalue weighted by Crippen LogP contribution is 2.71. The molecule has 0 bridgehead atoms. The van der Waals surface area contributed by atoms with Crippen LogP contribution < -0.4 is 0 Å². The molecule has 0 aromatic heterocycles. The van der Waals surface area contributed by atoms with Crippen LogP contribution in [0.25, 0.3) is 0 Å². The summed E-state index contributed by atoms with van der Waals surface area (Å²) >= 11 is 0. The zero-order valence-corrected chi connectivity index (χ0v) is 22.0. The minimum atomic E-state index is -0.196. The summed E-state index contributed by atoms with van der Waals surface area (Å²) < 4.78 is 0. The first kappa shape index (κ1) is 25.2. The average molecular weight is 457 g/mol. The second-order valence-corrected chi connectivity index (χ2v) is 13.1. The molecular weight excluding hydrogens is 408 g/mol. The van der Waals surface area contributed by atoms with Crippen molar-refractivity contribution in [3.05, 3.63) is 34.9 Å². The molecule has 0 aromatic rings. The predicted octanol–water partition coefficient (Wildman–Crippen LogP) is 6.20. The largest absolute Gasteiger partial charge is 0.393 e. The van der Waals surface area contributed by atoms with Crippen LogP contribution in [-0.4, -0.2) is 34.6 Å². The van der Waals surface area contributed by atoms with Gasteiger partial charge in [0.25, 0.3) is 0 Å². The Bertz CT molecular complexity index is 845. The molecule has 0 unspecified atom stereocenters. The van der Waals surface area contributed by atoms with Crippen molar-refractivity contribution in [2.75, 3.05) is 13.2 Å². The highest BCUT2D eigenvalue weighted by Gasteiger charge is 2.62. The minimum absolute atomic E-state index is 0.0419. The van der Waals surface area contributed by atoms with Crippen molar-refractivity contribution >= 4 is 0 Å². The molecular formula is C30H48O3. The molecule has 0 aliphatic heterocycles. The third kappa shape index (κ3) is 3.64. The van der Waals surface area contributed by atoms with E-state index in [1.54, 1.807) is 11.1 Å². The van der Waals surface area contributed by atoms with Gasteiger partial charge in [0, 0.05) is 0 Å². The molecule has 0 amide bonds. The van der Waals surface area contributed by atoms with Gasteiger partial charge < -0.3 is 15.3 Å². The molecule has 0 saturated heterocycles. The lowest BCUT2D eigenvalue weighted by Crippen LogP contribution is -2.54. The van der Waals surface area contributed by atoms with Crippen LogP contribution in [0.3, 0.4) is 0 Å². The first-order valence-electron chi connectivity index (χ1n) is 13.4. The van der Waals surface area contributed by atoms with Crippen LogP contribution in [0.2, 0.25) is 0 Å². The average Bonchev–Trinajstić information content (AvgIpc) is 3.05. The van der Waals surface area contributed by atoms with E-state index in [-0.39, 0.29) is 41.0 Å². The summed E-state index contributed by atoms with van der Waals surface area (Å²) in [7, 11) is 0. The highest BCUT2D eigenvalue weighted by atomic mass is 16.3. The van der Waals surface area contributed by atoms with Crippen molar-refractivity contribution in [2.24, 2.45) is 39.4 Å². The maximum absolute atomic E-state index is 10.8. The predicted molar refractivity (Wildman–Crippen MR) is 136 cm³/mol. The van der Waals surface area contributed by atoms with Crippen LogP contribution in [0.1, 0.15) is 92.9 Å². The van der Waals surface area contributed by atoms with Crippen LogP contribution in [-0.2, 0) is 0 Å². The van der Waals surface area contributed by atoms with E-state index in [1.807, 2.05) is 6.08 Å². The van der Waals surface area contributed by atoms with Gasteiger partial charge in [-0.25, -0.2) is 0 Å². The lowest BCUT2D eigenvalue weighted by Gasteiger charge is -2.61. The molecule has 33 heavy (non-hydrogen) atoms. The van der Waals surface area contributed by atoms with Gasteiger partial charge in [0.05, 0.1) is 19.3 Å². The van der Waals surface area contributed by atoms with E-state index >= 15 is 0 Å². The first-order chi connectivity index (χ1) is 15.5. The van der Waals surface area contributed by atoms with Crippen LogP contribution in [0.4, 0.5) is 0 Å². The van der Waals surface area contributed by atoms with Gasteiger partial charge in [0.2, 0.25) is 0 Å². The second-order valence-electron chi connectivity index (χ2n) is 13.1. The SMILES string of the molecule is C[C@H](CCC=C(CO)CO)[C@H]1CC[C@@]2(C)C3=CC[C@H]4C(C)(C)[C@@H](O)CC[C@]4(C)C3=CC[C@]12C. The Morgan fingerprint density at radius 3 is 2.39 bits per heavy atom. The number of hydrogen-bond acceptors (Lipinski definition) is 3. The van der Waals surface area contributed by atoms with Crippen molar-refractivity contribution in [3.63, 3.8) is 0 Å². The maximum Gasteiger partial charge on any atom is 0.0663 e. The summed E-state index contributed by atoms with van der Waals surface area (Å²) in [6.45, 7) is 14.5. The van der Waals surface area contributed by atoms with Crippen molar-refractivity contribution in [1.29, 1.82) is 0 Å². The normalized spacial score (nSPS) is 42.4. The monoisotopic (exact) mass is 456 g/mol. The lowest BCUT2D eigenvalue weighted by molar-refractivity contribution is -0.0851. The van der Waals surface area contributed by atoms with Gasteiger partial charge in [-0.05, 0) is 107 Å². The molecule has 2 fully saturated rings. The third-order valence-corrected chi connectivity index (χ3v) is 11.4. The topological polar surface area (TPSA) is 60.7 Å². The molecule has 2 saturated carbocycles. The van der Waals surface area contributed by atoms with Gasteiger partial charge in [-0.3, -0.25) is 0 Å². The molecule has 7 atom stereocenters. The Morgan fingerprint density at radius 1 is 1.03 bits per heavy atom. The van der Waals surface area contributed by atoms with Crippen LogP contribution in [0.5, 0.6) is 0 Å². The molecule has 4 aliphatic carbocycles. The number of aliphatic hydroxyl groups excluding tert-OH is 3. The first-order valence-corrected chi connectivity index (χ1v) is 13.4. The summed E-state index contributed by atoms with van der Waals surface area (Å²) in [6, 6.07) is 0. The highest BCUT2D eigenvalue weighted by molar-refractivity contribution is 5.49. The van der Waals surface area contributed by atoms with Gasteiger partial charge in [-0.1, -0.05) is 59.8 Å². The van der Waals surface area contributed by atoms with E-state index < -0.39 is 0 Å². The number of rotatable bonds is 6. The molecule has 3 nitrogen and oxygen atoms in total. The van der Waals surface area contributed by atoms with Crippen LogP contribution >= 0.6 is 0 Å². The summed E-state index contributed by atoms with van der Waals surface area (Å²) in [4.78, 5) is 0. The standard InChI is InChI=1S/C30H48O3/c1-20(8-7-9-21(18-31)19-32)22-12-16-30(6)24-10-11-25-27(2,3)26(33)14-15-28(25,4)23(24)13-17-29(22,30)5/h9-10,13,20,22,25-26,31-33H,7-8,11-12,14-19H2,1-6H3/t20-,22-,25+,26+,28-,29-,30+/m1/s1. The number of aliphatic hydroxyl groups is 3. The van der Waals surface area contributed by atoms with Gasteiger partial charge in [0.1, 0.15) is 0 Å². The molecule has 3 N–H and O–H groups in total.